The fourth-order valence-electron chi connectivity index (χ4n) is 8.78. The fraction of sp³-hybridized carbons (Fsp3) is 0. The predicted molar refractivity (Wildman–Crippen MR) is 364 cm³/mol. The van der Waals surface area contributed by atoms with Gasteiger partial charge in [0.05, 0.1) is 49.5 Å². The van der Waals surface area contributed by atoms with Gasteiger partial charge in [-0.05, 0) is 152 Å². The minimum Gasteiger partial charge on any atom is -0.321 e. The highest BCUT2D eigenvalue weighted by Gasteiger charge is 2.20. The van der Waals surface area contributed by atoms with Gasteiger partial charge in [-0.15, -0.1) is 0 Å². The molecular formula is C69H48Cl3N15O9. The van der Waals surface area contributed by atoms with E-state index in [-0.39, 0.29) is 44.9 Å². The first-order valence-electron chi connectivity index (χ1n) is 28.4. The number of anilines is 6. The highest BCUT2D eigenvalue weighted by atomic mass is 35.5. The number of pyridine rings is 9. The van der Waals surface area contributed by atoms with Crippen LogP contribution >= 0.6 is 34.8 Å². The average molecular weight is 1340 g/mol. The zero-order chi connectivity index (χ0) is 67.5. The van der Waals surface area contributed by atoms with Crippen LogP contribution in [0.4, 0.5) is 34.5 Å². The first-order valence-corrected chi connectivity index (χ1v) is 29.6. The summed E-state index contributed by atoms with van der Waals surface area (Å²) >= 11 is 17.4. The molecular weight excluding hydrogens is 1290 g/mol. The molecule has 0 aliphatic heterocycles. The zero-order valence-electron chi connectivity index (χ0n) is 49.6. The van der Waals surface area contributed by atoms with Crippen molar-refractivity contribution in [3.05, 3.63) is 336 Å². The Morgan fingerprint density at radius 1 is 0.302 bits per heavy atom. The molecule has 12 rings (SSSR count). The van der Waals surface area contributed by atoms with E-state index in [1.54, 1.807) is 176 Å². The summed E-state index contributed by atoms with van der Waals surface area (Å²) in [5.41, 5.74) is 3.64. The van der Waals surface area contributed by atoms with Gasteiger partial charge in [0.1, 0.15) is 17.5 Å². The standard InChI is InChI=1S/3C23H16ClN5O3/c24-16-8-11-19(26-14-16)28-23(32)21-18(4-3-12-25-21)27-22(31)15-6-9-17(10-7-15)29-13-2-1-5-20(29)30;24-16-6-9-20(26-13-16)28-23(32)18-14-25-11-10-19(18)27-22(31)15-4-7-17(8-5-15)29-12-2-1-3-21(29)30;24-16-6-9-20(26-13-16)28-23(32)18-10-11-25-14-19(18)27-22(31)15-4-7-17(8-5-15)29-12-2-1-3-21(29)30/h1-14H,(H,27,31)(H,26,28,32);1-14H,(H,25,27,31)(H,26,28,32);1-14H,(H,27,31)(H,26,28,32). The first kappa shape index (κ1) is 66.0. The van der Waals surface area contributed by atoms with E-state index in [1.165, 1.54) is 93.6 Å². The molecule has 0 aliphatic rings. The number of carbonyl (C=O) groups excluding carboxylic acids is 6. The van der Waals surface area contributed by atoms with Crippen LogP contribution in [0.2, 0.25) is 15.1 Å². The van der Waals surface area contributed by atoms with Crippen molar-refractivity contribution in [1.82, 2.24) is 43.6 Å². The molecule has 0 atom stereocenters. The smallest absolute Gasteiger partial charge is 0.277 e. The summed E-state index contributed by atoms with van der Waals surface area (Å²) in [6, 6.07) is 49.9. The molecule has 24 nitrogen and oxygen atoms in total. The van der Waals surface area contributed by atoms with Crippen LogP contribution < -0.4 is 48.6 Å². The Balaban J connectivity index is 0.000000157. The van der Waals surface area contributed by atoms with Crippen LogP contribution in [0.5, 0.6) is 0 Å². The van der Waals surface area contributed by atoms with Crippen molar-refractivity contribution in [2.24, 2.45) is 0 Å². The molecule has 9 heterocycles. The molecule has 3 aromatic carbocycles. The number of hydrogen-bond acceptors (Lipinski definition) is 15. The zero-order valence-corrected chi connectivity index (χ0v) is 51.8. The van der Waals surface area contributed by atoms with Gasteiger partial charge in [-0.3, -0.25) is 66.8 Å². The molecule has 27 heteroatoms. The van der Waals surface area contributed by atoms with Crippen LogP contribution in [0.25, 0.3) is 17.1 Å². The van der Waals surface area contributed by atoms with E-state index < -0.39 is 35.4 Å². The minimum atomic E-state index is -0.533. The summed E-state index contributed by atoms with van der Waals surface area (Å²) in [5.74, 6) is -1.82. The normalized spacial score (nSPS) is 10.4. The highest BCUT2D eigenvalue weighted by Crippen LogP contribution is 2.22. The molecule has 0 saturated heterocycles. The Labute approximate surface area is 559 Å². The first-order chi connectivity index (χ1) is 46.5. The van der Waals surface area contributed by atoms with Gasteiger partial charge in [-0.1, -0.05) is 53.0 Å². The van der Waals surface area contributed by atoms with Crippen molar-refractivity contribution in [2.75, 3.05) is 31.9 Å². The molecule has 6 N–H and O–H groups in total. The number of halogens is 3. The second-order valence-corrected chi connectivity index (χ2v) is 21.2. The van der Waals surface area contributed by atoms with Crippen molar-refractivity contribution in [3.8, 4) is 17.1 Å². The van der Waals surface area contributed by atoms with Crippen molar-refractivity contribution in [2.45, 2.75) is 0 Å². The molecule has 0 fully saturated rings. The van der Waals surface area contributed by atoms with Crippen molar-refractivity contribution in [3.63, 3.8) is 0 Å². The monoisotopic (exact) mass is 1340 g/mol. The molecule has 12 aromatic rings. The van der Waals surface area contributed by atoms with Gasteiger partial charge < -0.3 is 31.9 Å². The maximum Gasteiger partial charge on any atom is 0.277 e. The van der Waals surface area contributed by atoms with E-state index in [0.717, 1.165) is 0 Å². The third kappa shape index (κ3) is 17.4. The number of amides is 6. The topological polar surface area (TPSA) is 318 Å². The Hall–Kier alpha value is -12.9. The molecule has 0 aliphatic carbocycles. The van der Waals surface area contributed by atoms with Crippen molar-refractivity contribution >= 4 is 105 Å². The van der Waals surface area contributed by atoms with Gasteiger partial charge in [0.2, 0.25) is 0 Å². The lowest BCUT2D eigenvalue weighted by atomic mass is 10.1. The number of nitrogens with one attached hydrogen (secondary N) is 6. The maximum atomic E-state index is 12.7. The van der Waals surface area contributed by atoms with Crippen LogP contribution in [0.1, 0.15) is 62.3 Å². The highest BCUT2D eigenvalue weighted by molar-refractivity contribution is 6.31. The summed E-state index contributed by atoms with van der Waals surface area (Å²) in [6.45, 7) is 0. The maximum absolute atomic E-state index is 12.7. The van der Waals surface area contributed by atoms with Crippen LogP contribution in [0.3, 0.4) is 0 Å². The molecule has 9 aromatic heterocycles. The van der Waals surface area contributed by atoms with Gasteiger partial charge in [0, 0.05) is 114 Å². The predicted octanol–water partition coefficient (Wildman–Crippen LogP) is 11.4. The van der Waals surface area contributed by atoms with Gasteiger partial charge in [-0.2, -0.15) is 0 Å². The number of aromatic nitrogens is 9. The molecule has 0 unspecified atom stereocenters. The number of hydrogen-bond donors (Lipinski definition) is 6. The minimum absolute atomic E-state index is 0.0325. The van der Waals surface area contributed by atoms with E-state index in [4.69, 9.17) is 34.8 Å². The lowest BCUT2D eigenvalue weighted by Crippen LogP contribution is -2.20. The quantitative estimate of drug-likeness (QED) is 0.0556. The lowest BCUT2D eigenvalue weighted by molar-refractivity contribution is 0.100. The number of rotatable bonds is 15. The van der Waals surface area contributed by atoms with Gasteiger partial charge in [0.15, 0.2) is 5.69 Å². The van der Waals surface area contributed by atoms with E-state index in [2.05, 4.69) is 61.8 Å². The SMILES string of the molecule is O=C(Nc1cccnc1C(=O)Nc1ccc(Cl)cn1)c1ccc(-n2ccccc2=O)cc1.O=C(Nc1ccncc1C(=O)Nc1ccc(Cl)cn1)c1ccc(-n2ccccc2=O)cc1.O=C(Nc1cnccc1C(=O)Nc1ccc(Cl)cn1)c1ccc(-n2ccccc2=O)cc1. The van der Waals surface area contributed by atoms with Gasteiger partial charge >= 0.3 is 0 Å². The molecule has 6 amide bonds. The Morgan fingerprint density at radius 2 is 0.688 bits per heavy atom. The van der Waals surface area contributed by atoms with Gasteiger partial charge in [0.25, 0.3) is 52.1 Å². The van der Waals surface area contributed by atoms with Crippen LogP contribution in [0.15, 0.2) is 271 Å². The Bertz CT molecular complexity index is 4500. The largest absolute Gasteiger partial charge is 0.321 e. The summed E-state index contributed by atoms with van der Waals surface area (Å²) in [7, 11) is 0. The third-order valence-corrected chi connectivity index (χ3v) is 14.2. The Kier molecular flexibility index (Phi) is 21.6. The number of nitrogens with zero attached hydrogens (tertiary/aromatic N) is 9. The molecule has 0 bridgehead atoms. The summed E-state index contributed by atoms with van der Waals surface area (Å²) in [6.07, 6.45) is 16.3. The molecule has 96 heavy (non-hydrogen) atoms. The fourth-order valence-corrected chi connectivity index (χ4v) is 9.12. The molecule has 0 spiro atoms. The van der Waals surface area contributed by atoms with Gasteiger partial charge in [-0.25, -0.2) is 19.9 Å². The summed E-state index contributed by atoms with van der Waals surface area (Å²) in [5, 5.41) is 17.4. The third-order valence-electron chi connectivity index (χ3n) is 13.5. The van der Waals surface area contributed by atoms with Crippen LogP contribution in [-0.4, -0.2) is 79.0 Å². The van der Waals surface area contributed by atoms with E-state index >= 15 is 0 Å². The van der Waals surface area contributed by atoms with E-state index in [9.17, 15) is 43.2 Å². The Morgan fingerprint density at radius 3 is 1.10 bits per heavy atom. The van der Waals surface area contributed by atoms with E-state index in [1.807, 2.05) is 0 Å². The van der Waals surface area contributed by atoms with E-state index in [0.29, 0.717) is 72.0 Å². The van der Waals surface area contributed by atoms with Crippen LogP contribution in [-0.2, 0) is 0 Å². The lowest BCUT2D eigenvalue weighted by Gasteiger charge is -2.11. The summed E-state index contributed by atoms with van der Waals surface area (Å²) < 4.78 is 4.41. The molecule has 0 radical (unpaired) electrons. The number of benzene rings is 3. The van der Waals surface area contributed by atoms with Crippen molar-refractivity contribution in [1.29, 1.82) is 0 Å². The van der Waals surface area contributed by atoms with Crippen molar-refractivity contribution < 1.29 is 28.8 Å². The average Bonchev–Trinajstić information content (AvgIpc) is 0.986. The molecule has 474 valence electrons. The molecule has 0 saturated carbocycles. The summed E-state index contributed by atoms with van der Waals surface area (Å²) in [4.78, 5) is 136. The second-order valence-electron chi connectivity index (χ2n) is 19.9. The number of carbonyl (C=O) groups is 6. The second kappa shape index (κ2) is 31.4. The van der Waals surface area contributed by atoms with Crippen LogP contribution in [0, 0.1) is 0 Å².